The van der Waals surface area contributed by atoms with Crippen LogP contribution in [-0.2, 0) is 10.2 Å². The van der Waals surface area contributed by atoms with Crippen LogP contribution < -0.4 is 5.32 Å². The van der Waals surface area contributed by atoms with Crippen LogP contribution in [-0.4, -0.2) is 29.9 Å². The molecular weight excluding hydrogens is 356 g/mol. The SMILES string of the molecule is O=C(N[C@H]1CCC2(CCN(C3CC4CCC(C4)C3)CC2)c2ccccc21)C1CC1. The average Bonchev–Trinajstić information content (AvgIpc) is 3.56. The van der Waals surface area contributed by atoms with Gasteiger partial charge in [-0.2, -0.15) is 0 Å². The lowest BCUT2D eigenvalue weighted by atomic mass is 9.63. The lowest BCUT2D eigenvalue weighted by Gasteiger charge is -2.49. The molecule has 3 atom stereocenters. The number of rotatable bonds is 3. The van der Waals surface area contributed by atoms with Gasteiger partial charge in [-0.05, 0) is 99.3 Å². The van der Waals surface area contributed by atoms with E-state index in [9.17, 15) is 4.79 Å². The molecule has 3 heteroatoms. The Morgan fingerprint density at radius 3 is 2.34 bits per heavy atom. The number of amides is 1. The van der Waals surface area contributed by atoms with Crippen LogP contribution in [0.5, 0.6) is 0 Å². The van der Waals surface area contributed by atoms with E-state index in [1.807, 2.05) is 0 Å². The van der Waals surface area contributed by atoms with E-state index in [0.717, 1.165) is 37.1 Å². The molecule has 1 saturated heterocycles. The first-order valence-corrected chi connectivity index (χ1v) is 12.3. The molecule has 1 aromatic carbocycles. The van der Waals surface area contributed by atoms with E-state index in [1.165, 1.54) is 70.0 Å². The van der Waals surface area contributed by atoms with Gasteiger partial charge in [-0.15, -0.1) is 0 Å². The van der Waals surface area contributed by atoms with E-state index in [-0.39, 0.29) is 6.04 Å². The second kappa shape index (κ2) is 7.11. The second-order valence-electron chi connectivity index (χ2n) is 10.9. The van der Waals surface area contributed by atoms with Crippen molar-refractivity contribution in [3.05, 3.63) is 35.4 Å². The van der Waals surface area contributed by atoms with Crippen LogP contribution in [0.4, 0.5) is 0 Å². The molecule has 0 aromatic heterocycles. The first-order valence-electron chi connectivity index (χ1n) is 12.3. The standard InChI is InChI=1S/C26H36N2O/c29-25(20-7-8-20)27-24-9-10-26(23-4-2-1-3-22(23)24)11-13-28(14-12-26)21-16-18-5-6-19(15-18)17-21/h1-4,18-21,24H,5-17H2,(H,27,29)/t18?,19?,21?,24-/m0/s1. The van der Waals surface area contributed by atoms with Gasteiger partial charge in [0, 0.05) is 12.0 Å². The van der Waals surface area contributed by atoms with E-state index < -0.39 is 0 Å². The Balaban J connectivity index is 1.17. The third-order valence-corrected chi connectivity index (χ3v) is 9.22. The van der Waals surface area contributed by atoms with Gasteiger partial charge in [0.2, 0.25) is 5.91 Å². The Labute approximate surface area is 175 Å². The molecule has 2 bridgehead atoms. The molecule has 1 N–H and O–H groups in total. The largest absolute Gasteiger partial charge is 0.349 e. The summed E-state index contributed by atoms with van der Waals surface area (Å²) in [6.07, 6.45) is 14.6. The molecule has 6 rings (SSSR count). The van der Waals surface area contributed by atoms with Crippen molar-refractivity contribution in [3.8, 4) is 0 Å². The molecule has 156 valence electrons. The molecule has 1 heterocycles. The van der Waals surface area contributed by atoms with Crippen molar-refractivity contribution in [2.24, 2.45) is 17.8 Å². The lowest BCUT2D eigenvalue weighted by Crippen LogP contribution is -2.50. The molecule has 1 amide bonds. The summed E-state index contributed by atoms with van der Waals surface area (Å²) in [7, 11) is 0. The number of nitrogens with zero attached hydrogens (tertiary/aromatic N) is 1. The van der Waals surface area contributed by atoms with E-state index in [2.05, 4.69) is 34.5 Å². The van der Waals surface area contributed by atoms with Crippen molar-refractivity contribution in [2.45, 2.75) is 88.1 Å². The van der Waals surface area contributed by atoms with Gasteiger partial charge in [0.05, 0.1) is 6.04 Å². The highest BCUT2D eigenvalue weighted by atomic mass is 16.2. The van der Waals surface area contributed by atoms with Crippen LogP contribution in [0.1, 0.15) is 87.8 Å². The Morgan fingerprint density at radius 2 is 1.62 bits per heavy atom. The van der Waals surface area contributed by atoms with Crippen LogP contribution in [0.2, 0.25) is 0 Å². The highest BCUT2D eigenvalue weighted by Gasteiger charge is 2.45. The zero-order chi connectivity index (χ0) is 19.4. The number of hydrogen-bond acceptors (Lipinski definition) is 2. The second-order valence-corrected chi connectivity index (χ2v) is 10.9. The molecule has 4 fully saturated rings. The summed E-state index contributed by atoms with van der Waals surface area (Å²) in [4.78, 5) is 15.3. The smallest absolute Gasteiger partial charge is 0.223 e. The number of likely N-dealkylation sites (tertiary alicyclic amines) is 1. The Kier molecular flexibility index (Phi) is 4.52. The molecular formula is C26H36N2O. The average molecular weight is 393 g/mol. The summed E-state index contributed by atoms with van der Waals surface area (Å²) in [6.45, 7) is 2.55. The summed E-state index contributed by atoms with van der Waals surface area (Å²) in [6, 6.07) is 10.2. The van der Waals surface area contributed by atoms with Gasteiger partial charge in [0.1, 0.15) is 0 Å². The van der Waals surface area contributed by atoms with Crippen molar-refractivity contribution in [2.75, 3.05) is 13.1 Å². The minimum Gasteiger partial charge on any atom is -0.349 e. The van der Waals surface area contributed by atoms with Gasteiger partial charge in [-0.1, -0.05) is 37.1 Å². The normalized spacial score (nSPS) is 36.0. The maximum atomic E-state index is 12.4. The fourth-order valence-electron chi connectivity index (χ4n) is 7.39. The number of nitrogens with one attached hydrogen (secondary N) is 1. The number of fused-ring (bicyclic) bond motifs is 4. The van der Waals surface area contributed by atoms with E-state index in [0.29, 0.717) is 17.2 Å². The molecule has 2 unspecified atom stereocenters. The Bertz CT molecular complexity index is 765. The van der Waals surface area contributed by atoms with Gasteiger partial charge in [0.25, 0.3) is 0 Å². The minimum atomic E-state index is 0.233. The van der Waals surface area contributed by atoms with Gasteiger partial charge < -0.3 is 10.2 Å². The number of carbonyl (C=O) groups is 1. The van der Waals surface area contributed by atoms with Crippen molar-refractivity contribution < 1.29 is 4.79 Å². The fraction of sp³-hybridized carbons (Fsp3) is 0.731. The maximum absolute atomic E-state index is 12.4. The Morgan fingerprint density at radius 1 is 0.897 bits per heavy atom. The van der Waals surface area contributed by atoms with E-state index in [4.69, 9.17) is 0 Å². The van der Waals surface area contributed by atoms with Crippen LogP contribution >= 0.6 is 0 Å². The van der Waals surface area contributed by atoms with Gasteiger partial charge in [0.15, 0.2) is 0 Å². The third kappa shape index (κ3) is 3.34. The van der Waals surface area contributed by atoms with Crippen LogP contribution in [0.3, 0.4) is 0 Å². The molecule has 0 radical (unpaired) electrons. The van der Waals surface area contributed by atoms with Crippen LogP contribution in [0, 0.1) is 17.8 Å². The van der Waals surface area contributed by atoms with E-state index >= 15 is 0 Å². The van der Waals surface area contributed by atoms with Crippen molar-refractivity contribution in [1.29, 1.82) is 0 Å². The van der Waals surface area contributed by atoms with Crippen molar-refractivity contribution in [3.63, 3.8) is 0 Å². The van der Waals surface area contributed by atoms with E-state index in [1.54, 1.807) is 5.56 Å². The summed E-state index contributed by atoms with van der Waals surface area (Å²) in [5, 5.41) is 3.39. The topological polar surface area (TPSA) is 32.3 Å². The zero-order valence-corrected chi connectivity index (χ0v) is 17.7. The Hall–Kier alpha value is -1.35. The van der Waals surface area contributed by atoms with Crippen LogP contribution in [0.15, 0.2) is 24.3 Å². The lowest BCUT2D eigenvalue weighted by molar-refractivity contribution is -0.123. The molecule has 1 spiro atoms. The predicted molar refractivity (Wildman–Crippen MR) is 116 cm³/mol. The minimum absolute atomic E-state index is 0.233. The summed E-state index contributed by atoms with van der Waals surface area (Å²) in [5.41, 5.74) is 3.31. The van der Waals surface area contributed by atoms with Gasteiger partial charge in [-0.3, -0.25) is 4.79 Å². The van der Waals surface area contributed by atoms with Crippen molar-refractivity contribution in [1.82, 2.24) is 10.2 Å². The highest BCUT2D eigenvalue weighted by molar-refractivity contribution is 5.81. The molecule has 3 saturated carbocycles. The number of carbonyl (C=O) groups excluding carboxylic acids is 1. The fourth-order valence-corrected chi connectivity index (χ4v) is 7.39. The van der Waals surface area contributed by atoms with Gasteiger partial charge >= 0.3 is 0 Å². The summed E-state index contributed by atoms with van der Waals surface area (Å²) in [5.74, 6) is 2.65. The quantitative estimate of drug-likeness (QED) is 0.788. The highest BCUT2D eigenvalue weighted by Crippen LogP contribution is 2.50. The number of benzene rings is 1. The predicted octanol–water partition coefficient (Wildman–Crippen LogP) is 4.96. The first kappa shape index (κ1) is 18.4. The monoisotopic (exact) mass is 392 g/mol. The zero-order valence-electron chi connectivity index (χ0n) is 17.7. The third-order valence-electron chi connectivity index (χ3n) is 9.22. The van der Waals surface area contributed by atoms with Gasteiger partial charge in [-0.25, -0.2) is 0 Å². The molecule has 5 aliphatic rings. The molecule has 3 nitrogen and oxygen atoms in total. The maximum Gasteiger partial charge on any atom is 0.223 e. The molecule has 29 heavy (non-hydrogen) atoms. The van der Waals surface area contributed by atoms with Crippen LogP contribution in [0.25, 0.3) is 0 Å². The number of piperidine rings is 1. The van der Waals surface area contributed by atoms with Crippen molar-refractivity contribution >= 4 is 5.91 Å². The summed E-state index contributed by atoms with van der Waals surface area (Å²) >= 11 is 0. The molecule has 1 aliphatic heterocycles. The first-order chi connectivity index (χ1) is 14.2. The summed E-state index contributed by atoms with van der Waals surface area (Å²) < 4.78 is 0. The number of hydrogen-bond donors (Lipinski definition) is 1. The molecule has 1 aromatic rings. The molecule has 4 aliphatic carbocycles.